The molecule has 0 amide bonds. The van der Waals surface area contributed by atoms with E-state index in [1.165, 1.54) is 24.8 Å². The zero-order chi connectivity index (χ0) is 11.4. The lowest BCUT2D eigenvalue weighted by Gasteiger charge is -2.34. The van der Waals surface area contributed by atoms with E-state index in [-0.39, 0.29) is 12.6 Å². The summed E-state index contributed by atoms with van der Waals surface area (Å²) in [4.78, 5) is 2.39. The monoisotopic (exact) mass is 283 g/mol. The molecule has 1 aliphatic heterocycles. The average molecular weight is 284 g/mol. The van der Waals surface area contributed by atoms with Gasteiger partial charge in [-0.05, 0) is 37.6 Å². The molecule has 1 aromatic rings. The van der Waals surface area contributed by atoms with Gasteiger partial charge in [-0.1, -0.05) is 40.5 Å². The fraction of sp³-hybridized carbons (Fsp3) is 0.538. The molecule has 2 rings (SSSR count). The second-order valence-electron chi connectivity index (χ2n) is 4.32. The van der Waals surface area contributed by atoms with Crippen LogP contribution < -0.4 is 0 Å². The van der Waals surface area contributed by atoms with E-state index in [0.29, 0.717) is 0 Å². The van der Waals surface area contributed by atoms with E-state index in [1.807, 2.05) is 18.2 Å². The lowest BCUT2D eigenvalue weighted by molar-refractivity contribution is 0.104. The molecule has 88 valence electrons. The number of likely N-dealkylation sites (tertiary alicyclic amines) is 1. The summed E-state index contributed by atoms with van der Waals surface area (Å²) in [6, 6.07) is 8.34. The Morgan fingerprint density at radius 2 is 1.88 bits per heavy atom. The van der Waals surface area contributed by atoms with Crippen molar-refractivity contribution >= 4 is 15.9 Å². The zero-order valence-corrected chi connectivity index (χ0v) is 11.0. The molecule has 2 nitrogen and oxygen atoms in total. The van der Waals surface area contributed by atoms with Gasteiger partial charge in [0.25, 0.3) is 0 Å². The van der Waals surface area contributed by atoms with Crippen LogP contribution in [-0.4, -0.2) is 29.7 Å². The molecule has 0 aliphatic carbocycles. The molecule has 0 radical (unpaired) electrons. The lowest BCUT2D eigenvalue weighted by Crippen LogP contribution is -2.35. The van der Waals surface area contributed by atoms with Gasteiger partial charge in [-0.25, -0.2) is 0 Å². The van der Waals surface area contributed by atoms with E-state index in [4.69, 9.17) is 0 Å². The van der Waals surface area contributed by atoms with Crippen molar-refractivity contribution in [3.63, 3.8) is 0 Å². The number of halogens is 1. The van der Waals surface area contributed by atoms with E-state index in [2.05, 4.69) is 26.9 Å². The fourth-order valence-electron chi connectivity index (χ4n) is 2.39. The maximum Gasteiger partial charge on any atom is 0.0629 e. The second-order valence-corrected chi connectivity index (χ2v) is 5.17. The molecule has 0 saturated carbocycles. The van der Waals surface area contributed by atoms with E-state index >= 15 is 0 Å². The Labute approximate surface area is 105 Å². The predicted molar refractivity (Wildman–Crippen MR) is 69.4 cm³/mol. The first-order valence-electron chi connectivity index (χ1n) is 5.92. The van der Waals surface area contributed by atoms with Gasteiger partial charge in [-0.2, -0.15) is 0 Å². The molecule has 1 unspecified atom stereocenters. The third-order valence-electron chi connectivity index (χ3n) is 3.27. The molecular formula is C13H18BrNO. The van der Waals surface area contributed by atoms with Crippen molar-refractivity contribution in [2.75, 3.05) is 19.7 Å². The van der Waals surface area contributed by atoms with Gasteiger partial charge in [0.2, 0.25) is 0 Å². The van der Waals surface area contributed by atoms with Crippen LogP contribution in [0, 0.1) is 0 Å². The molecule has 1 saturated heterocycles. The Morgan fingerprint density at radius 1 is 1.19 bits per heavy atom. The van der Waals surface area contributed by atoms with Crippen LogP contribution >= 0.6 is 15.9 Å². The SMILES string of the molecule is OCC(c1ccccc1Br)N1CCCCC1. The van der Waals surface area contributed by atoms with Crippen LogP contribution in [0.3, 0.4) is 0 Å². The Bertz CT molecular complexity index is 336. The van der Waals surface area contributed by atoms with Gasteiger partial charge in [-0.15, -0.1) is 0 Å². The highest BCUT2D eigenvalue weighted by Gasteiger charge is 2.22. The fourth-order valence-corrected chi connectivity index (χ4v) is 2.93. The quantitative estimate of drug-likeness (QED) is 0.922. The molecule has 0 bridgehead atoms. The van der Waals surface area contributed by atoms with Crippen molar-refractivity contribution in [3.8, 4) is 0 Å². The van der Waals surface area contributed by atoms with Crippen LogP contribution in [-0.2, 0) is 0 Å². The minimum atomic E-state index is 0.149. The first-order chi connectivity index (χ1) is 7.83. The lowest BCUT2D eigenvalue weighted by atomic mass is 10.0. The van der Waals surface area contributed by atoms with E-state index < -0.39 is 0 Å². The van der Waals surface area contributed by atoms with Gasteiger partial charge in [0.15, 0.2) is 0 Å². The van der Waals surface area contributed by atoms with Crippen molar-refractivity contribution < 1.29 is 5.11 Å². The number of aliphatic hydroxyl groups excluding tert-OH is 1. The van der Waals surface area contributed by atoms with Crippen molar-refractivity contribution in [2.24, 2.45) is 0 Å². The van der Waals surface area contributed by atoms with Crippen LogP contribution in [0.2, 0.25) is 0 Å². The number of aliphatic hydroxyl groups is 1. The molecule has 1 atom stereocenters. The molecule has 1 N–H and O–H groups in total. The van der Waals surface area contributed by atoms with Gasteiger partial charge < -0.3 is 5.11 Å². The topological polar surface area (TPSA) is 23.5 Å². The Morgan fingerprint density at radius 3 is 2.50 bits per heavy atom. The molecule has 1 heterocycles. The summed E-state index contributed by atoms with van der Waals surface area (Å²) in [5.41, 5.74) is 1.20. The molecule has 1 aromatic carbocycles. The third-order valence-corrected chi connectivity index (χ3v) is 3.99. The maximum atomic E-state index is 9.59. The Balaban J connectivity index is 2.18. The molecule has 1 aliphatic rings. The Kier molecular flexibility index (Phi) is 4.38. The summed E-state index contributed by atoms with van der Waals surface area (Å²) in [7, 11) is 0. The molecule has 0 aromatic heterocycles. The van der Waals surface area contributed by atoms with E-state index in [0.717, 1.165) is 17.6 Å². The van der Waals surface area contributed by atoms with Crippen LogP contribution in [0.5, 0.6) is 0 Å². The minimum absolute atomic E-state index is 0.149. The minimum Gasteiger partial charge on any atom is -0.394 e. The highest BCUT2D eigenvalue weighted by atomic mass is 79.9. The molecular weight excluding hydrogens is 266 g/mol. The summed E-state index contributed by atoms with van der Waals surface area (Å²) >= 11 is 3.57. The van der Waals surface area contributed by atoms with Crippen LogP contribution in [0.15, 0.2) is 28.7 Å². The highest BCUT2D eigenvalue weighted by molar-refractivity contribution is 9.10. The largest absolute Gasteiger partial charge is 0.394 e. The van der Waals surface area contributed by atoms with Gasteiger partial charge in [0, 0.05) is 4.47 Å². The van der Waals surface area contributed by atoms with Crippen molar-refractivity contribution in [1.82, 2.24) is 4.90 Å². The zero-order valence-electron chi connectivity index (χ0n) is 9.40. The summed E-state index contributed by atoms with van der Waals surface area (Å²) in [6.45, 7) is 2.40. The number of nitrogens with zero attached hydrogens (tertiary/aromatic N) is 1. The van der Waals surface area contributed by atoms with Gasteiger partial charge in [0.1, 0.15) is 0 Å². The van der Waals surface area contributed by atoms with E-state index in [1.54, 1.807) is 0 Å². The standard InChI is InChI=1S/C13H18BrNO/c14-12-7-3-2-6-11(12)13(10-16)15-8-4-1-5-9-15/h2-3,6-7,13,16H,1,4-5,8-10H2. The summed E-state index contributed by atoms with van der Waals surface area (Å²) in [5.74, 6) is 0. The average Bonchev–Trinajstić information content (AvgIpc) is 2.34. The van der Waals surface area contributed by atoms with Crippen LogP contribution in [0.25, 0.3) is 0 Å². The molecule has 16 heavy (non-hydrogen) atoms. The summed E-state index contributed by atoms with van der Waals surface area (Å²) in [5, 5.41) is 9.59. The van der Waals surface area contributed by atoms with Crippen LogP contribution in [0.4, 0.5) is 0 Å². The summed E-state index contributed by atoms with van der Waals surface area (Å²) in [6.07, 6.45) is 3.83. The van der Waals surface area contributed by atoms with Crippen molar-refractivity contribution in [1.29, 1.82) is 0 Å². The van der Waals surface area contributed by atoms with Gasteiger partial charge >= 0.3 is 0 Å². The van der Waals surface area contributed by atoms with Crippen molar-refractivity contribution in [3.05, 3.63) is 34.3 Å². The Hall–Kier alpha value is -0.380. The number of hydrogen-bond donors (Lipinski definition) is 1. The smallest absolute Gasteiger partial charge is 0.0629 e. The highest BCUT2D eigenvalue weighted by Crippen LogP contribution is 2.29. The first-order valence-corrected chi connectivity index (χ1v) is 6.71. The predicted octanol–water partition coefficient (Wildman–Crippen LogP) is 2.97. The molecule has 0 spiro atoms. The second kappa shape index (κ2) is 5.80. The van der Waals surface area contributed by atoms with Gasteiger partial charge in [0.05, 0.1) is 12.6 Å². The van der Waals surface area contributed by atoms with Crippen molar-refractivity contribution in [2.45, 2.75) is 25.3 Å². The number of rotatable bonds is 3. The molecule has 3 heteroatoms. The normalized spacial score (nSPS) is 19.6. The first kappa shape index (κ1) is 12.1. The molecule has 1 fully saturated rings. The number of hydrogen-bond acceptors (Lipinski definition) is 2. The number of piperidine rings is 1. The maximum absolute atomic E-state index is 9.59. The van der Waals surface area contributed by atoms with Gasteiger partial charge in [-0.3, -0.25) is 4.90 Å². The van der Waals surface area contributed by atoms with E-state index in [9.17, 15) is 5.11 Å². The number of benzene rings is 1. The summed E-state index contributed by atoms with van der Waals surface area (Å²) < 4.78 is 1.10. The third kappa shape index (κ3) is 2.65. The van der Waals surface area contributed by atoms with Crippen LogP contribution in [0.1, 0.15) is 30.9 Å².